The van der Waals surface area contributed by atoms with Crippen LogP contribution in [0, 0.1) is 0 Å². The van der Waals surface area contributed by atoms with Gasteiger partial charge in [0.2, 0.25) is 0 Å². The molecule has 0 radical (unpaired) electrons. The van der Waals surface area contributed by atoms with Crippen LogP contribution < -0.4 is 15.8 Å². The maximum absolute atomic E-state index is 12.4. The van der Waals surface area contributed by atoms with E-state index in [1.54, 1.807) is 13.0 Å². The van der Waals surface area contributed by atoms with Gasteiger partial charge in [0.05, 0.1) is 5.57 Å². The number of ether oxygens (including phenoxy) is 1. The van der Waals surface area contributed by atoms with Crippen LogP contribution in [0.15, 0.2) is 90.2 Å². The molecule has 3 rings (SSSR count). The van der Waals surface area contributed by atoms with E-state index in [1.807, 2.05) is 67.6 Å². The summed E-state index contributed by atoms with van der Waals surface area (Å²) in [7, 11) is 0. The molecule has 0 aromatic heterocycles. The van der Waals surface area contributed by atoms with E-state index in [0.29, 0.717) is 17.8 Å². The van der Waals surface area contributed by atoms with Crippen LogP contribution in [0.25, 0.3) is 10.8 Å². The van der Waals surface area contributed by atoms with Crippen molar-refractivity contribution >= 4 is 16.7 Å². The van der Waals surface area contributed by atoms with Crippen molar-refractivity contribution in [2.75, 3.05) is 0 Å². The molecule has 0 fully saturated rings. The first kappa shape index (κ1) is 20.2. The van der Waals surface area contributed by atoms with E-state index in [1.165, 1.54) is 5.39 Å². The van der Waals surface area contributed by atoms with Crippen molar-refractivity contribution in [3.8, 4) is 11.5 Å². The fourth-order valence-corrected chi connectivity index (χ4v) is 2.99. The smallest absolute Gasteiger partial charge is 0.253 e. The molecule has 0 spiro atoms. The molecule has 0 aliphatic carbocycles. The Morgan fingerprint density at radius 1 is 1.00 bits per heavy atom. The van der Waals surface area contributed by atoms with Gasteiger partial charge in [0.25, 0.3) is 5.91 Å². The number of rotatable bonds is 7. The van der Waals surface area contributed by atoms with Gasteiger partial charge in [0, 0.05) is 12.2 Å². The van der Waals surface area contributed by atoms with Crippen molar-refractivity contribution in [3.05, 3.63) is 95.7 Å². The summed E-state index contributed by atoms with van der Waals surface area (Å²) in [4.78, 5) is 12.4. The molecule has 3 aromatic rings. The molecule has 0 atom stereocenters. The van der Waals surface area contributed by atoms with Gasteiger partial charge in [0.15, 0.2) is 0 Å². The number of allylic oxidation sites excluding steroid dienone is 2. The van der Waals surface area contributed by atoms with Crippen molar-refractivity contribution in [1.29, 1.82) is 0 Å². The molecular weight excluding hydrogens is 360 g/mol. The number of carbonyl (C=O) groups is 1. The minimum atomic E-state index is -0.185. The van der Waals surface area contributed by atoms with E-state index in [-0.39, 0.29) is 5.91 Å². The normalized spacial score (nSPS) is 12.1. The zero-order valence-electron chi connectivity index (χ0n) is 16.8. The number of nitrogens with one attached hydrogen (secondary N) is 1. The molecule has 4 nitrogen and oxygen atoms in total. The van der Waals surface area contributed by atoms with Gasteiger partial charge in [-0.1, -0.05) is 61.5 Å². The van der Waals surface area contributed by atoms with Gasteiger partial charge in [-0.25, -0.2) is 0 Å². The molecule has 0 unspecified atom stereocenters. The summed E-state index contributed by atoms with van der Waals surface area (Å²) in [6.07, 6.45) is 4.53. The first-order valence-corrected chi connectivity index (χ1v) is 9.73. The lowest BCUT2D eigenvalue weighted by molar-refractivity contribution is -0.117. The van der Waals surface area contributed by atoms with E-state index in [4.69, 9.17) is 10.5 Å². The summed E-state index contributed by atoms with van der Waals surface area (Å²) < 4.78 is 6.02. The van der Waals surface area contributed by atoms with E-state index in [9.17, 15) is 4.79 Å². The number of nitrogens with two attached hydrogens (primary N) is 1. The zero-order chi connectivity index (χ0) is 20.6. The number of carbonyl (C=O) groups excluding carboxylic acids is 1. The van der Waals surface area contributed by atoms with Gasteiger partial charge in [-0.15, -0.1) is 0 Å². The van der Waals surface area contributed by atoms with Gasteiger partial charge in [-0.2, -0.15) is 0 Å². The summed E-state index contributed by atoms with van der Waals surface area (Å²) >= 11 is 0. The highest BCUT2D eigenvalue weighted by molar-refractivity contribution is 5.96. The highest BCUT2D eigenvalue weighted by Gasteiger charge is 2.09. The summed E-state index contributed by atoms with van der Waals surface area (Å²) in [5.41, 5.74) is 7.79. The molecule has 1 amide bonds. The second-order valence-electron chi connectivity index (χ2n) is 6.85. The average molecular weight is 386 g/mol. The molecule has 3 N–H and O–H groups in total. The molecule has 0 saturated heterocycles. The third-order valence-corrected chi connectivity index (χ3v) is 4.50. The molecular formula is C25H26N2O2. The lowest BCUT2D eigenvalue weighted by atomic mass is 10.1. The van der Waals surface area contributed by atoms with E-state index in [0.717, 1.165) is 28.9 Å². The second kappa shape index (κ2) is 9.60. The van der Waals surface area contributed by atoms with E-state index < -0.39 is 0 Å². The number of hydrogen-bond donors (Lipinski definition) is 2. The third-order valence-electron chi connectivity index (χ3n) is 4.50. The van der Waals surface area contributed by atoms with Crippen LogP contribution in [0.3, 0.4) is 0 Å². The minimum absolute atomic E-state index is 0.185. The van der Waals surface area contributed by atoms with Gasteiger partial charge < -0.3 is 15.8 Å². The molecule has 0 aliphatic heterocycles. The molecule has 0 saturated carbocycles. The Kier molecular flexibility index (Phi) is 6.69. The van der Waals surface area contributed by atoms with Crippen molar-refractivity contribution in [3.63, 3.8) is 0 Å². The van der Waals surface area contributed by atoms with E-state index >= 15 is 0 Å². The van der Waals surface area contributed by atoms with Gasteiger partial charge in [-0.05, 0) is 53.9 Å². The van der Waals surface area contributed by atoms with E-state index in [2.05, 4.69) is 17.4 Å². The molecule has 0 heterocycles. The average Bonchev–Trinajstić information content (AvgIpc) is 2.72. The number of hydrogen-bond acceptors (Lipinski definition) is 3. The summed E-state index contributed by atoms with van der Waals surface area (Å²) in [6, 6.07) is 21.9. The number of amides is 1. The maximum atomic E-state index is 12.4. The fraction of sp³-hybridized carbons (Fsp3) is 0.160. The van der Waals surface area contributed by atoms with Crippen molar-refractivity contribution in [2.24, 2.45) is 5.73 Å². The highest BCUT2D eigenvalue weighted by Crippen LogP contribution is 2.26. The topological polar surface area (TPSA) is 64.3 Å². The lowest BCUT2D eigenvalue weighted by Gasteiger charge is -2.10. The highest BCUT2D eigenvalue weighted by atomic mass is 16.5. The standard InChI is InChI=1S/C25H26N2O2/c1-3-4-12-24(18(2)26)25(28)27-17-19-8-7-11-22(15-19)29-23-14-13-20-9-5-6-10-21(20)16-23/h4-16H,3,17,26H2,1-2H3,(H,27,28)/b12-4-,24-18-. The first-order valence-electron chi connectivity index (χ1n) is 9.73. The Morgan fingerprint density at radius 3 is 2.52 bits per heavy atom. The van der Waals surface area contributed by atoms with Crippen molar-refractivity contribution in [1.82, 2.24) is 5.32 Å². The largest absolute Gasteiger partial charge is 0.457 e. The van der Waals surface area contributed by atoms with Crippen LogP contribution >= 0.6 is 0 Å². The Labute approximate surface area is 171 Å². The molecule has 29 heavy (non-hydrogen) atoms. The van der Waals surface area contributed by atoms with Gasteiger partial charge in [-0.3, -0.25) is 4.79 Å². The van der Waals surface area contributed by atoms with Crippen molar-refractivity contribution in [2.45, 2.75) is 26.8 Å². The van der Waals surface area contributed by atoms with Crippen molar-refractivity contribution < 1.29 is 9.53 Å². The predicted octanol–water partition coefficient (Wildman–Crippen LogP) is 5.45. The summed E-state index contributed by atoms with van der Waals surface area (Å²) in [5, 5.41) is 5.22. The Bertz CT molecular complexity index is 1060. The first-order chi connectivity index (χ1) is 14.1. The zero-order valence-corrected chi connectivity index (χ0v) is 16.8. The van der Waals surface area contributed by atoms with Crippen LogP contribution in [-0.4, -0.2) is 5.91 Å². The fourth-order valence-electron chi connectivity index (χ4n) is 2.99. The predicted molar refractivity (Wildman–Crippen MR) is 119 cm³/mol. The lowest BCUT2D eigenvalue weighted by Crippen LogP contribution is -2.25. The SMILES string of the molecule is CC/C=C\C(C(=O)NCc1cccc(Oc2ccc3ccccc3c2)c1)=C(/C)N. The third kappa shape index (κ3) is 5.48. The summed E-state index contributed by atoms with van der Waals surface area (Å²) in [5.74, 6) is 1.32. The van der Waals surface area contributed by atoms with Crippen LogP contribution in [0.2, 0.25) is 0 Å². The monoisotopic (exact) mass is 386 g/mol. The van der Waals surface area contributed by atoms with Crippen LogP contribution in [-0.2, 0) is 11.3 Å². The molecule has 4 heteroatoms. The molecule has 0 bridgehead atoms. The Morgan fingerprint density at radius 2 is 1.76 bits per heavy atom. The minimum Gasteiger partial charge on any atom is -0.457 e. The molecule has 3 aromatic carbocycles. The quantitative estimate of drug-likeness (QED) is 0.419. The summed E-state index contributed by atoms with van der Waals surface area (Å²) in [6.45, 7) is 4.14. The van der Waals surface area contributed by atoms with Crippen LogP contribution in [0.5, 0.6) is 11.5 Å². The van der Waals surface area contributed by atoms with Gasteiger partial charge in [0.1, 0.15) is 11.5 Å². The number of fused-ring (bicyclic) bond motifs is 1. The Hall–Kier alpha value is -3.53. The molecule has 148 valence electrons. The van der Waals surface area contributed by atoms with Crippen LogP contribution in [0.4, 0.5) is 0 Å². The Balaban J connectivity index is 1.68. The number of benzene rings is 3. The molecule has 0 aliphatic rings. The maximum Gasteiger partial charge on any atom is 0.253 e. The second-order valence-corrected chi connectivity index (χ2v) is 6.85. The van der Waals surface area contributed by atoms with Gasteiger partial charge >= 0.3 is 0 Å². The van der Waals surface area contributed by atoms with Crippen LogP contribution in [0.1, 0.15) is 25.8 Å².